The number of carboxylic acids is 1. The average Bonchev–Trinajstić information content (AvgIpc) is 2.61. The zero-order valence-corrected chi connectivity index (χ0v) is 7.70. The molecular formula is C11H8FNO2. The van der Waals surface area contributed by atoms with Crippen LogP contribution in [0.3, 0.4) is 0 Å². The first-order valence-corrected chi connectivity index (χ1v) is 4.34. The zero-order chi connectivity index (χ0) is 10.8. The van der Waals surface area contributed by atoms with E-state index in [1.807, 2.05) is 0 Å². The van der Waals surface area contributed by atoms with Gasteiger partial charge < -0.3 is 10.1 Å². The second kappa shape index (κ2) is 3.57. The van der Waals surface area contributed by atoms with Gasteiger partial charge in [0, 0.05) is 23.2 Å². The summed E-state index contributed by atoms with van der Waals surface area (Å²) in [4.78, 5) is 13.3. The van der Waals surface area contributed by atoms with Crippen LogP contribution in [0.1, 0.15) is 5.56 Å². The van der Waals surface area contributed by atoms with Crippen molar-refractivity contribution in [1.29, 1.82) is 0 Å². The van der Waals surface area contributed by atoms with Gasteiger partial charge in [0.2, 0.25) is 0 Å². The molecule has 0 atom stereocenters. The van der Waals surface area contributed by atoms with Crippen molar-refractivity contribution in [3.05, 3.63) is 41.9 Å². The van der Waals surface area contributed by atoms with Gasteiger partial charge in [-0.1, -0.05) is 0 Å². The maximum atomic E-state index is 13.1. The summed E-state index contributed by atoms with van der Waals surface area (Å²) in [5.41, 5.74) is 1.26. The molecule has 0 saturated carbocycles. The molecule has 76 valence electrons. The molecule has 0 fully saturated rings. The quantitative estimate of drug-likeness (QED) is 0.739. The Hall–Kier alpha value is -2.10. The summed E-state index contributed by atoms with van der Waals surface area (Å²) in [5, 5.41) is 9.20. The molecule has 0 aliphatic carbocycles. The fourth-order valence-electron chi connectivity index (χ4n) is 1.46. The Balaban J connectivity index is 2.58. The van der Waals surface area contributed by atoms with E-state index in [1.165, 1.54) is 18.2 Å². The highest BCUT2D eigenvalue weighted by Gasteiger charge is 2.02. The Morgan fingerprint density at radius 3 is 3.00 bits per heavy atom. The molecule has 0 radical (unpaired) electrons. The van der Waals surface area contributed by atoms with Crippen LogP contribution in [0, 0.1) is 5.82 Å². The molecule has 0 unspecified atom stereocenters. The zero-order valence-electron chi connectivity index (χ0n) is 7.70. The third-order valence-electron chi connectivity index (χ3n) is 2.06. The molecule has 2 rings (SSSR count). The van der Waals surface area contributed by atoms with Crippen LogP contribution in [-0.4, -0.2) is 16.1 Å². The summed E-state index contributed by atoms with van der Waals surface area (Å²) < 4.78 is 13.1. The maximum absolute atomic E-state index is 13.1. The average molecular weight is 205 g/mol. The van der Waals surface area contributed by atoms with E-state index >= 15 is 0 Å². The number of aliphatic carboxylic acids is 1. The van der Waals surface area contributed by atoms with Gasteiger partial charge >= 0.3 is 5.97 Å². The lowest BCUT2D eigenvalue weighted by molar-refractivity contribution is -0.131. The minimum atomic E-state index is -1.06. The van der Waals surface area contributed by atoms with Gasteiger partial charge in [0.25, 0.3) is 0 Å². The predicted octanol–water partition coefficient (Wildman–Crippen LogP) is 2.40. The fraction of sp³-hybridized carbons (Fsp3) is 0. The number of hydrogen-bond donors (Lipinski definition) is 2. The van der Waals surface area contributed by atoms with E-state index in [0.717, 1.165) is 17.0 Å². The second-order valence-corrected chi connectivity index (χ2v) is 3.11. The molecule has 0 aliphatic rings. The van der Waals surface area contributed by atoms with Gasteiger partial charge in [-0.15, -0.1) is 0 Å². The fourth-order valence-corrected chi connectivity index (χ4v) is 1.46. The first-order valence-electron chi connectivity index (χ1n) is 4.34. The number of rotatable bonds is 2. The number of halogens is 1. The van der Waals surface area contributed by atoms with Crippen molar-refractivity contribution in [2.75, 3.05) is 0 Å². The lowest BCUT2D eigenvalue weighted by Gasteiger charge is -1.97. The number of hydrogen-bond acceptors (Lipinski definition) is 1. The summed E-state index contributed by atoms with van der Waals surface area (Å²) >= 11 is 0. The molecule has 2 N–H and O–H groups in total. The van der Waals surface area contributed by atoms with Crippen molar-refractivity contribution < 1.29 is 14.3 Å². The van der Waals surface area contributed by atoms with Crippen LogP contribution in [0.4, 0.5) is 4.39 Å². The lowest BCUT2D eigenvalue weighted by atomic mass is 10.1. The highest BCUT2D eigenvalue weighted by molar-refractivity contribution is 5.92. The molecule has 4 heteroatoms. The van der Waals surface area contributed by atoms with Gasteiger partial charge in [-0.3, -0.25) is 0 Å². The lowest BCUT2D eigenvalue weighted by Crippen LogP contribution is -1.87. The number of benzene rings is 1. The third-order valence-corrected chi connectivity index (χ3v) is 2.06. The van der Waals surface area contributed by atoms with Crippen molar-refractivity contribution in [1.82, 2.24) is 4.98 Å². The summed E-state index contributed by atoms with van der Waals surface area (Å²) in [6.45, 7) is 0. The second-order valence-electron chi connectivity index (χ2n) is 3.11. The molecule has 1 aromatic heterocycles. The Bertz CT molecular complexity index is 543. The molecule has 0 aliphatic heterocycles. The summed E-state index contributed by atoms with van der Waals surface area (Å²) in [6, 6.07) is 4.42. The molecule has 1 heterocycles. The van der Waals surface area contributed by atoms with Crippen LogP contribution in [0.2, 0.25) is 0 Å². The number of fused-ring (bicyclic) bond motifs is 1. The Labute approximate surface area is 84.8 Å². The molecule has 1 aromatic carbocycles. The number of aromatic amines is 1. The summed E-state index contributed by atoms with van der Waals surface area (Å²) in [6.07, 6.45) is 4.03. The number of carboxylic acid groups (broad SMARTS) is 1. The molecule has 15 heavy (non-hydrogen) atoms. The van der Waals surface area contributed by atoms with E-state index < -0.39 is 5.97 Å². The van der Waals surface area contributed by atoms with E-state index in [9.17, 15) is 9.18 Å². The topological polar surface area (TPSA) is 53.1 Å². The van der Waals surface area contributed by atoms with Gasteiger partial charge in [-0.2, -0.15) is 0 Å². The standard InChI is InChI=1S/C11H8FNO2/c12-9-5-7(1-2-10(14)15)11-8(6-9)3-4-13-11/h1-6,13H,(H,14,15). The van der Waals surface area contributed by atoms with E-state index in [0.29, 0.717) is 5.56 Å². The highest BCUT2D eigenvalue weighted by atomic mass is 19.1. The molecule has 0 spiro atoms. The van der Waals surface area contributed by atoms with Crippen molar-refractivity contribution in [3.63, 3.8) is 0 Å². The van der Waals surface area contributed by atoms with Crippen LogP contribution in [0.5, 0.6) is 0 Å². The monoisotopic (exact) mass is 205 g/mol. The summed E-state index contributed by atoms with van der Waals surface area (Å²) in [7, 11) is 0. The van der Waals surface area contributed by atoms with E-state index in [1.54, 1.807) is 12.3 Å². The van der Waals surface area contributed by atoms with Crippen molar-refractivity contribution >= 4 is 22.9 Å². The predicted molar refractivity (Wildman–Crippen MR) is 54.9 cm³/mol. The molecular weight excluding hydrogens is 197 g/mol. The first-order chi connectivity index (χ1) is 7.16. The van der Waals surface area contributed by atoms with Crippen LogP contribution in [0.25, 0.3) is 17.0 Å². The van der Waals surface area contributed by atoms with Gasteiger partial charge in [0.05, 0.1) is 5.52 Å². The van der Waals surface area contributed by atoms with E-state index in [-0.39, 0.29) is 5.82 Å². The minimum absolute atomic E-state index is 0.382. The van der Waals surface area contributed by atoms with Gasteiger partial charge in [0.15, 0.2) is 0 Å². The minimum Gasteiger partial charge on any atom is -0.478 e. The summed E-state index contributed by atoms with van der Waals surface area (Å²) in [5.74, 6) is -1.44. The van der Waals surface area contributed by atoms with Crippen molar-refractivity contribution in [2.24, 2.45) is 0 Å². The Morgan fingerprint density at radius 2 is 2.27 bits per heavy atom. The third kappa shape index (κ3) is 1.88. The number of H-pyrrole nitrogens is 1. The largest absolute Gasteiger partial charge is 0.478 e. The molecule has 3 nitrogen and oxygen atoms in total. The van der Waals surface area contributed by atoms with E-state index in [2.05, 4.69) is 4.98 Å². The molecule has 2 aromatic rings. The smallest absolute Gasteiger partial charge is 0.328 e. The molecule has 0 saturated heterocycles. The van der Waals surface area contributed by atoms with Crippen molar-refractivity contribution in [3.8, 4) is 0 Å². The van der Waals surface area contributed by atoms with E-state index in [4.69, 9.17) is 5.11 Å². The highest BCUT2D eigenvalue weighted by Crippen LogP contribution is 2.20. The van der Waals surface area contributed by atoms with Gasteiger partial charge in [-0.25, -0.2) is 9.18 Å². The number of aromatic nitrogens is 1. The maximum Gasteiger partial charge on any atom is 0.328 e. The molecule has 0 bridgehead atoms. The number of nitrogens with one attached hydrogen (secondary N) is 1. The normalized spacial score (nSPS) is 11.3. The van der Waals surface area contributed by atoms with Gasteiger partial charge in [-0.05, 0) is 24.3 Å². The van der Waals surface area contributed by atoms with Gasteiger partial charge in [0.1, 0.15) is 5.82 Å². The Morgan fingerprint density at radius 1 is 1.47 bits per heavy atom. The van der Waals surface area contributed by atoms with Crippen molar-refractivity contribution in [2.45, 2.75) is 0 Å². The number of carbonyl (C=O) groups is 1. The SMILES string of the molecule is O=C(O)C=Cc1cc(F)cc2cc[nH]c12. The Kier molecular flexibility index (Phi) is 2.25. The van der Waals surface area contributed by atoms with Crippen LogP contribution >= 0.6 is 0 Å². The van der Waals surface area contributed by atoms with Crippen LogP contribution in [-0.2, 0) is 4.79 Å². The molecule has 0 amide bonds. The van der Waals surface area contributed by atoms with Crippen LogP contribution in [0.15, 0.2) is 30.5 Å². The van der Waals surface area contributed by atoms with Crippen LogP contribution < -0.4 is 0 Å². The first kappa shape index (κ1) is 9.45.